The van der Waals surface area contributed by atoms with Crippen LogP contribution in [-0.2, 0) is 9.53 Å². The molecule has 1 rings (SSSR count). The molecule has 0 aromatic heterocycles. The van der Waals surface area contributed by atoms with Crippen LogP contribution in [0.4, 0.5) is 11.4 Å². The van der Waals surface area contributed by atoms with E-state index >= 15 is 0 Å². The molecule has 0 heterocycles. The number of benzene rings is 1. The number of hydrogen-bond acceptors (Lipinski definition) is 6. The molecule has 0 spiro atoms. The molecule has 0 saturated heterocycles. The van der Waals surface area contributed by atoms with Crippen LogP contribution in [0, 0.1) is 16.0 Å². The molecule has 0 radical (unpaired) electrons. The first kappa shape index (κ1) is 15.6. The number of rotatable bonds is 5. The largest absolute Gasteiger partial charge is 0.465 e. The van der Waals surface area contributed by atoms with E-state index in [9.17, 15) is 19.7 Å². The van der Waals surface area contributed by atoms with Crippen LogP contribution in [0.2, 0.25) is 0 Å². The highest BCUT2D eigenvalue weighted by Crippen LogP contribution is 2.22. The van der Waals surface area contributed by atoms with Gasteiger partial charge in [0.15, 0.2) is 0 Å². The average Bonchev–Trinajstić information content (AvgIpc) is 2.44. The molecule has 0 fully saturated rings. The minimum atomic E-state index is -0.726. The summed E-state index contributed by atoms with van der Waals surface area (Å²) in [7, 11) is 1.16. The second-order valence-electron chi connectivity index (χ2n) is 4.14. The first-order valence-electron chi connectivity index (χ1n) is 5.77. The van der Waals surface area contributed by atoms with Gasteiger partial charge in [-0.2, -0.15) is 0 Å². The molecule has 1 unspecified atom stereocenters. The van der Waals surface area contributed by atoms with Crippen LogP contribution in [0.3, 0.4) is 0 Å². The van der Waals surface area contributed by atoms with Crippen molar-refractivity contribution in [1.29, 1.82) is 0 Å². The summed E-state index contributed by atoms with van der Waals surface area (Å²) < 4.78 is 4.51. The molecule has 3 N–H and O–H groups in total. The Morgan fingerprint density at radius 2 is 2.10 bits per heavy atom. The average molecular weight is 281 g/mol. The van der Waals surface area contributed by atoms with Gasteiger partial charge in [-0.15, -0.1) is 0 Å². The summed E-state index contributed by atoms with van der Waals surface area (Å²) >= 11 is 0. The van der Waals surface area contributed by atoms with Gasteiger partial charge in [0.05, 0.1) is 17.6 Å². The number of ether oxygens (including phenoxy) is 1. The predicted octanol–water partition coefficient (Wildman–Crippen LogP) is 0.915. The molecule has 8 heteroatoms. The van der Waals surface area contributed by atoms with E-state index in [1.807, 2.05) is 0 Å². The van der Waals surface area contributed by atoms with Gasteiger partial charge in [0.25, 0.3) is 5.69 Å². The third kappa shape index (κ3) is 3.75. The molecule has 0 saturated carbocycles. The summed E-state index contributed by atoms with van der Waals surface area (Å²) in [5, 5.41) is 13.3. The second kappa shape index (κ2) is 6.62. The second-order valence-corrected chi connectivity index (χ2v) is 4.14. The van der Waals surface area contributed by atoms with Crippen molar-refractivity contribution >= 4 is 23.3 Å². The summed E-state index contributed by atoms with van der Waals surface area (Å²) in [5.74, 6) is -1.56. The summed E-state index contributed by atoms with van der Waals surface area (Å²) in [6.45, 7) is 1.76. The van der Waals surface area contributed by atoms with Gasteiger partial charge in [0, 0.05) is 30.3 Å². The number of nitro benzene ring substituents is 1. The van der Waals surface area contributed by atoms with Gasteiger partial charge in [-0.1, -0.05) is 6.92 Å². The molecular formula is C12H15N3O5. The fraction of sp³-hybridized carbons (Fsp3) is 0.333. The number of nitrogens with two attached hydrogens (primary N) is 1. The number of hydrogen-bond donors (Lipinski definition) is 2. The SMILES string of the molecule is COC(=O)c1cc(NC(=O)C(C)CN)cc([N+](=O)[O-])c1. The van der Waals surface area contributed by atoms with Crippen molar-refractivity contribution in [3.63, 3.8) is 0 Å². The number of anilines is 1. The number of nitrogens with zero attached hydrogens (tertiary/aromatic N) is 1. The summed E-state index contributed by atoms with van der Waals surface area (Å²) in [6.07, 6.45) is 0. The van der Waals surface area contributed by atoms with Gasteiger partial charge in [-0.3, -0.25) is 14.9 Å². The fourth-order valence-electron chi connectivity index (χ4n) is 1.40. The van der Waals surface area contributed by atoms with Crippen molar-refractivity contribution in [3.05, 3.63) is 33.9 Å². The molecule has 8 nitrogen and oxygen atoms in total. The van der Waals surface area contributed by atoms with E-state index in [4.69, 9.17) is 5.73 Å². The standard InChI is InChI=1S/C12H15N3O5/c1-7(6-13)11(16)14-9-3-8(12(17)20-2)4-10(5-9)15(18)19/h3-5,7H,6,13H2,1-2H3,(H,14,16). The number of non-ortho nitro benzene ring substituents is 1. The quantitative estimate of drug-likeness (QED) is 0.469. The van der Waals surface area contributed by atoms with E-state index in [0.29, 0.717) is 0 Å². The van der Waals surface area contributed by atoms with Crippen molar-refractivity contribution in [3.8, 4) is 0 Å². The minimum Gasteiger partial charge on any atom is -0.465 e. The zero-order valence-electron chi connectivity index (χ0n) is 11.1. The molecule has 0 aliphatic carbocycles. The first-order chi connectivity index (χ1) is 9.38. The lowest BCUT2D eigenvalue weighted by Gasteiger charge is -2.10. The highest BCUT2D eigenvalue weighted by molar-refractivity contribution is 5.96. The summed E-state index contributed by atoms with van der Waals surface area (Å²) in [6, 6.07) is 3.54. The molecule has 1 aromatic rings. The molecular weight excluding hydrogens is 266 g/mol. The molecule has 20 heavy (non-hydrogen) atoms. The maximum absolute atomic E-state index is 11.7. The van der Waals surface area contributed by atoms with Crippen LogP contribution in [0.15, 0.2) is 18.2 Å². The summed E-state index contributed by atoms with van der Waals surface area (Å²) in [5.41, 5.74) is 5.17. The van der Waals surface area contributed by atoms with E-state index in [1.165, 1.54) is 6.07 Å². The molecule has 0 bridgehead atoms. The first-order valence-corrected chi connectivity index (χ1v) is 5.77. The molecule has 0 aliphatic rings. The number of carbonyl (C=O) groups is 2. The topological polar surface area (TPSA) is 125 Å². The predicted molar refractivity (Wildman–Crippen MR) is 71.3 cm³/mol. The zero-order chi connectivity index (χ0) is 15.3. The van der Waals surface area contributed by atoms with Crippen LogP contribution < -0.4 is 11.1 Å². The minimum absolute atomic E-state index is 0.0163. The van der Waals surface area contributed by atoms with Crippen molar-refractivity contribution in [2.24, 2.45) is 11.7 Å². The monoisotopic (exact) mass is 281 g/mol. The van der Waals surface area contributed by atoms with Crippen LogP contribution in [0.25, 0.3) is 0 Å². The van der Waals surface area contributed by atoms with Crippen LogP contribution in [0.1, 0.15) is 17.3 Å². The molecule has 108 valence electrons. The smallest absolute Gasteiger partial charge is 0.338 e. The lowest BCUT2D eigenvalue weighted by atomic mass is 10.1. The fourth-order valence-corrected chi connectivity index (χ4v) is 1.40. The Bertz CT molecular complexity index is 544. The Morgan fingerprint density at radius 3 is 2.60 bits per heavy atom. The van der Waals surface area contributed by atoms with Crippen LogP contribution in [0.5, 0.6) is 0 Å². The van der Waals surface area contributed by atoms with E-state index in [0.717, 1.165) is 19.2 Å². The third-order valence-electron chi connectivity index (χ3n) is 2.62. The van der Waals surface area contributed by atoms with Crippen LogP contribution >= 0.6 is 0 Å². The number of esters is 1. The number of carbonyl (C=O) groups excluding carboxylic acids is 2. The van der Waals surface area contributed by atoms with Crippen molar-refractivity contribution in [2.45, 2.75) is 6.92 Å². The Labute approximate surface area is 115 Å². The van der Waals surface area contributed by atoms with Gasteiger partial charge >= 0.3 is 5.97 Å². The van der Waals surface area contributed by atoms with E-state index in [2.05, 4.69) is 10.1 Å². The third-order valence-corrected chi connectivity index (χ3v) is 2.62. The van der Waals surface area contributed by atoms with E-state index in [-0.39, 0.29) is 29.4 Å². The maximum Gasteiger partial charge on any atom is 0.338 e. The van der Waals surface area contributed by atoms with Gasteiger partial charge in [-0.05, 0) is 6.07 Å². The lowest BCUT2D eigenvalue weighted by molar-refractivity contribution is -0.384. The Balaban J connectivity index is 3.12. The zero-order valence-corrected chi connectivity index (χ0v) is 11.1. The highest BCUT2D eigenvalue weighted by atomic mass is 16.6. The summed E-state index contributed by atoms with van der Waals surface area (Å²) in [4.78, 5) is 33.3. The normalized spacial score (nSPS) is 11.6. The number of nitro groups is 1. The van der Waals surface area contributed by atoms with Crippen molar-refractivity contribution in [2.75, 3.05) is 19.0 Å². The van der Waals surface area contributed by atoms with Crippen molar-refractivity contribution < 1.29 is 19.2 Å². The van der Waals surface area contributed by atoms with Gasteiger partial charge in [-0.25, -0.2) is 4.79 Å². The van der Waals surface area contributed by atoms with Gasteiger partial charge in [0.2, 0.25) is 5.91 Å². The van der Waals surface area contributed by atoms with Crippen LogP contribution in [-0.4, -0.2) is 30.5 Å². The number of methoxy groups -OCH3 is 1. The lowest BCUT2D eigenvalue weighted by Crippen LogP contribution is -2.26. The Kier molecular flexibility index (Phi) is 5.15. The molecule has 1 amide bonds. The van der Waals surface area contributed by atoms with Gasteiger partial charge in [0.1, 0.15) is 0 Å². The Morgan fingerprint density at radius 1 is 1.45 bits per heavy atom. The molecule has 0 aliphatic heterocycles. The van der Waals surface area contributed by atoms with E-state index in [1.54, 1.807) is 6.92 Å². The Hall–Kier alpha value is -2.48. The molecule has 1 aromatic carbocycles. The van der Waals surface area contributed by atoms with Crippen molar-refractivity contribution in [1.82, 2.24) is 0 Å². The maximum atomic E-state index is 11.7. The number of nitrogens with one attached hydrogen (secondary N) is 1. The highest BCUT2D eigenvalue weighted by Gasteiger charge is 2.17. The number of amides is 1. The van der Waals surface area contributed by atoms with E-state index < -0.39 is 16.8 Å². The molecule has 1 atom stereocenters. The van der Waals surface area contributed by atoms with Gasteiger partial charge < -0.3 is 15.8 Å².